The molecule has 1 heterocycles. The SMILES string of the molecule is CC1(C)OCCC1N. The zero-order valence-corrected chi connectivity index (χ0v) is 5.48. The van der Waals surface area contributed by atoms with Crippen LogP contribution in [-0.2, 0) is 4.74 Å². The molecule has 0 aromatic heterocycles. The van der Waals surface area contributed by atoms with Crippen molar-refractivity contribution in [2.45, 2.75) is 31.9 Å². The maximum Gasteiger partial charge on any atom is 0.0777 e. The van der Waals surface area contributed by atoms with Gasteiger partial charge in [-0.1, -0.05) is 0 Å². The van der Waals surface area contributed by atoms with Gasteiger partial charge in [-0.25, -0.2) is 0 Å². The molecule has 0 aliphatic carbocycles. The van der Waals surface area contributed by atoms with Gasteiger partial charge in [0.25, 0.3) is 0 Å². The van der Waals surface area contributed by atoms with Crippen LogP contribution < -0.4 is 5.73 Å². The summed E-state index contributed by atoms with van der Waals surface area (Å²) in [6.07, 6.45) is 1.01. The second kappa shape index (κ2) is 1.71. The Morgan fingerprint density at radius 1 is 1.62 bits per heavy atom. The number of hydrogen-bond donors (Lipinski definition) is 1. The quantitative estimate of drug-likeness (QED) is 0.499. The normalized spacial score (nSPS) is 35.6. The van der Waals surface area contributed by atoms with E-state index in [9.17, 15) is 0 Å². The molecule has 1 rings (SSSR count). The molecular weight excluding hydrogens is 102 g/mol. The minimum absolute atomic E-state index is 0.0694. The lowest BCUT2D eigenvalue weighted by Gasteiger charge is -2.21. The van der Waals surface area contributed by atoms with Crippen LogP contribution in [-0.4, -0.2) is 18.2 Å². The molecule has 1 atom stereocenters. The van der Waals surface area contributed by atoms with E-state index in [-0.39, 0.29) is 11.6 Å². The summed E-state index contributed by atoms with van der Waals surface area (Å²) in [6.45, 7) is 4.89. The van der Waals surface area contributed by atoms with Crippen molar-refractivity contribution in [3.8, 4) is 0 Å². The number of rotatable bonds is 0. The highest BCUT2D eigenvalue weighted by atomic mass is 16.5. The Morgan fingerprint density at radius 2 is 2.25 bits per heavy atom. The van der Waals surface area contributed by atoms with Crippen LogP contribution in [0, 0.1) is 0 Å². The lowest BCUT2D eigenvalue weighted by molar-refractivity contribution is 0.0283. The highest BCUT2D eigenvalue weighted by molar-refractivity contribution is 4.87. The van der Waals surface area contributed by atoms with Gasteiger partial charge < -0.3 is 10.5 Å². The van der Waals surface area contributed by atoms with Gasteiger partial charge in [0.05, 0.1) is 5.60 Å². The van der Waals surface area contributed by atoms with Crippen LogP contribution in [0.3, 0.4) is 0 Å². The Balaban J connectivity index is 2.54. The summed E-state index contributed by atoms with van der Waals surface area (Å²) in [6, 6.07) is 0.238. The first-order chi connectivity index (χ1) is 3.63. The van der Waals surface area contributed by atoms with Gasteiger partial charge in [0.15, 0.2) is 0 Å². The van der Waals surface area contributed by atoms with Gasteiger partial charge in [-0.05, 0) is 20.3 Å². The lowest BCUT2D eigenvalue weighted by Crippen LogP contribution is -2.38. The molecule has 0 spiro atoms. The zero-order valence-electron chi connectivity index (χ0n) is 5.48. The smallest absolute Gasteiger partial charge is 0.0777 e. The van der Waals surface area contributed by atoms with Crippen molar-refractivity contribution in [3.63, 3.8) is 0 Å². The molecule has 1 aliphatic heterocycles. The summed E-state index contributed by atoms with van der Waals surface area (Å²) < 4.78 is 5.33. The van der Waals surface area contributed by atoms with Crippen molar-refractivity contribution in [1.82, 2.24) is 0 Å². The van der Waals surface area contributed by atoms with Crippen molar-refractivity contribution < 1.29 is 4.74 Å². The van der Waals surface area contributed by atoms with Gasteiger partial charge >= 0.3 is 0 Å². The molecule has 8 heavy (non-hydrogen) atoms. The predicted octanol–water partition coefficient (Wildman–Crippen LogP) is 0.513. The molecule has 2 nitrogen and oxygen atoms in total. The summed E-state index contributed by atoms with van der Waals surface area (Å²) in [5.74, 6) is 0. The van der Waals surface area contributed by atoms with E-state index in [1.807, 2.05) is 13.8 Å². The molecular formula is C6H13NO. The molecule has 1 saturated heterocycles. The van der Waals surface area contributed by atoms with Gasteiger partial charge in [0.2, 0.25) is 0 Å². The Bertz CT molecular complexity index is 90.5. The van der Waals surface area contributed by atoms with Crippen LogP contribution in [0.25, 0.3) is 0 Å². The fourth-order valence-corrected chi connectivity index (χ4v) is 0.904. The molecule has 0 radical (unpaired) electrons. The summed E-state index contributed by atoms with van der Waals surface area (Å²) >= 11 is 0. The molecule has 48 valence electrons. The molecule has 0 saturated carbocycles. The van der Waals surface area contributed by atoms with Crippen LogP contribution >= 0.6 is 0 Å². The van der Waals surface area contributed by atoms with Gasteiger partial charge in [0.1, 0.15) is 0 Å². The van der Waals surface area contributed by atoms with E-state index in [1.54, 1.807) is 0 Å². The van der Waals surface area contributed by atoms with Crippen LogP contribution in [0.4, 0.5) is 0 Å². The van der Waals surface area contributed by atoms with Gasteiger partial charge in [-0.3, -0.25) is 0 Å². The molecule has 2 N–H and O–H groups in total. The lowest BCUT2D eigenvalue weighted by atomic mass is 10.0. The first kappa shape index (κ1) is 6.05. The van der Waals surface area contributed by atoms with E-state index in [2.05, 4.69) is 0 Å². The van der Waals surface area contributed by atoms with Gasteiger partial charge in [-0.15, -0.1) is 0 Å². The molecule has 0 bridgehead atoms. The van der Waals surface area contributed by atoms with Gasteiger partial charge in [-0.2, -0.15) is 0 Å². The van der Waals surface area contributed by atoms with Crippen LogP contribution in [0.15, 0.2) is 0 Å². The average molecular weight is 115 g/mol. The molecule has 0 aromatic rings. The van der Waals surface area contributed by atoms with Crippen molar-refractivity contribution in [1.29, 1.82) is 0 Å². The van der Waals surface area contributed by atoms with E-state index >= 15 is 0 Å². The molecule has 0 amide bonds. The van der Waals surface area contributed by atoms with E-state index < -0.39 is 0 Å². The predicted molar refractivity (Wildman–Crippen MR) is 32.6 cm³/mol. The molecule has 1 aliphatic rings. The fraction of sp³-hybridized carbons (Fsp3) is 1.00. The number of hydrogen-bond acceptors (Lipinski definition) is 2. The first-order valence-electron chi connectivity index (χ1n) is 3.02. The van der Waals surface area contributed by atoms with Crippen molar-refractivity contribution >= 4 is 0 Å². The largest absolute Gasteiger partial charge is 0.374 e. The average Bonchev–Trinajstić information content (AvgIpc) is 1.86. The minimum Gasteiger partial charge on any atom is -0.374 e. The van der Waals surface area contributed by atoms with Gasteiger partial charge in [0, 0.05) is 12.6 Å². The Kier molecular flexibility index (Phi) is 1.29. The summed E-state index contributed by atoms with van der Waals surface area (Å²) in [4.78, 5) is 0. The van der Waals surface area contributed by atoms with E-state index in [0.717, 1.165) is 13.0 Å². The Hall–Kier alpha value is -0.0800. The summed E-state index contributed by atoms with van der Waals surface area (Å²) in [5, 5.41) is 0. The van der Waals surface area contributed by atoms with Crippen molar-refractivity contribution in [3.05, 3.63) is 0 Å². The number of nitrogens with two attached hydrogens (primary N) is 1. The minimum atomic E-state index is -0.0694. The molecule has 1 unspecified atom stereocenters. The number of ether oxygens (including phenoxy) is 1. The molecule has 0 aromatic carbocycles. The van der Waals surface area contributed by atoms with Crippen molar-refractivity contribution in [2.75, 3.05) is 6.61 Å². The van der Waals surface area contributed by atoms with E-state index in [0.29, 0.717) is 0 Å². The third kappa shape index (κ3) is 0.858. The zero-order chi connectivity index (χ0) is 6.20. The Morgan fingerprint density at radius 3 is 2.38 bits per heavy atom. The second-order valence-electron chi connectivity index (χ2n) is 2.85. The molecule has 1 fully saturated rings. The third-order valence-electron chi connectivity index (χ3n) is 1.80. The molecule has 2 heteroatoms. The maximum absolute atomic E-state index is 5.69. The fourth-order valence-electron chi connectivity index (χ4n) is 0.904. The standard InChI is InChI=1S/C6H13NO/c1-6(2)5(7)3-4-8-6/h5H,3-4,7H2,1-2H3. The monoisotopic (exact) mass is 115 g/mol. The first-order valence-corrected chi connectivity index (χ1v) is 3.02. The van der Waals surface area contributed by atoms with E-state index in [4.69, 9.17) is 10.5 Å². The topological polar surface area (TPSA) is 35.2 Å². The van der Waals surface area contributed by atoms with Crippen molar-refractivity contribution in [2.24, 2.45) is 5.73 Å². The van der Waals surface area contributed by atoms with Crippen LogP contribution in [0.1, 0.15) is 20.3 Å². The summed E-state index contributed by atoms with van der Waals surface area (Å²) in [5.41, 5.74) is 5.62. The highest BCUT2D eigenvalue weighted by Crippen LogP contribution is 2.22. The summed E-state index contributed by atoms with van der Waals surface area (Å²) in [7, 11) is 0. The maximum atomic E-state index is 5.69. The second-order valence-corrected chi connectivity index (χ2v) is 2.85. The Labute approximate surface area is 50.0 Å². The van der Waals surface area contributed by atoms with E-state index in [1.165, 1.54) is 0 Å². The highest BCUT2D eigenvalue weighted by Gasteiger charge is 2.32. The van der Waals surface area contributed by atoms with Crippen LogP contribution in [0.2, 0.25) is 0 Å². The third-order valence-corrected chi connectivity index (χ3v) is 1.80. The van der Waals surface area contributed by atoms with Crippen LogP contribution in [0.5, 0.6) is 0 Å².